The summed E-state index contributed by atoms with van der Waals surface area (Å²) in [6.45, 7) is 58.5. The molecule has 0 aromatic carbocycles. The highest BCUT2D eigenvalue weighted by Crippen LogP contribution is 2.44. The molecular formula is C44H84AlSi4-. The maximum Gasteiger partial charge on any atom is 0.482 e. The summed E-state index contributed by atoms with van der Waals surface area (Å²) in [5.41, 5.74) is 23.7. The van der Waals surface area contributed by atoms with Gasteiger partial charge in [-0.15, -0.1) is 0 Å². The molecule has 5 heteroatoms. The summed E-state index contributed by atoms with van der Waals surface area (Å²) in [4.78, 5) is 16.8. The van der Waals surface area contributed by atoms with Crippen LogP contribution in [0.3, 0.4) is 0 Å². The molecule has 0 fully saturated rings. The molecule has 0 aliphatic heterocycles. The zero-order chi connectivity index (χ0) is 39.1. The Kier molecular flexibility index (Phi) is 19.0. The maximum atomic E-state index is 4.25. The summed E-state index contributed by atoms with van der Waals surface area (Å²) in [5, 5.41) is 0. The molecule has 0 amide bonds. The summed E-state index contributed by atoms with van der Waals surface area (Å²) >= 11 is -3.52. The Morgan fingerprint density at radius 1 is 0.224 bits per heavy atom. The van der Waals surface area contributed by atoms with Crippen LogP contribution in [0.15, 0.2) is 0 Å². The normalized spacial score (nSPS) is 13.6. The second kappa shape index (κ2) is 19.1. The van der Waals surface area contributed by atoms with Crippen molar-refractivity contribution < 1.29 is 0 Å². The molecule has 0 spiro atoms. The minimum atomic E-state index is -3.52. The SMILES string of the molecule is CC(C)[Si](C#[C][Al-]([C]#C[Si](C(C)C)(C(C)C)C(C)C)([C]#C[Si](C(C)C)(C(C)C)C(C)C)[C]#C[Si](C(C)C)(C(C)C)C(C)C)(C(C)C)C(C)C. The van der Waals surface area contributed by atoms with Gasteiger partial charge in [-0.05, 0) is 66.5 Å². The maximum absolute atomic E-state index is 4.25. The number of rotatable bonds is 12. The van der Waals surface area contributed by atoms with E-state index in [9.17, 15) is 0 Å². The van der Waals surface area contributed by atoms with E-state index in [2.05, 4.69) is 207 Å². The minimum Gasteiger partial charge on any atom is -0.318 e. The Bertz CT molecular complexity index is 1000. The summed E-state index contributed by atoms with van der Waals surface area (Å²) in [5.74, 6) is 0. The molecule has 0 N–H and O–H groups in total. The molecule has 0 heterocycles. The molecule has 0 aromatic rings. The van der Waals surface area contributed by atoms with E-state index in [1.807, 2.05) is 0 Å². The molecule has 0 saturated carbocycles. The van der Waals surface area contributed by atoms with Crippen molar-refractivity contribution in [2.75, 3.05) is 0 Å². The number of hydrogen-bond donors (Lipinski definition) is 0. The molecule has 0 saturated heterocycles. The summed E-state index contributed by atoms with van der Waals surface area (Å²) < 4.78 is 0. The monoisotopic (exact) mass is 752 g/mol. The van der Waals surface area contributed by atoms with Crippen LogP contribution in [-0.2, 0) is 0 Å². The van der Waals surface area contributed by atoms with Gasteiger partial charge in [0.25, 0.3) is 0 Å². The van der Waals surface area contributed by atoms with Gasteiger partial charge in [-0.2, -0.15) is 22.2 Å². The van der Waals surface area contributed by atoms with Gasteiger partial charge in [0.15, 0.2) is 0 Å². The van der Waals surface area contributed by atoms with Gasteiger partial charge >= 0.3 is 13.1 Å². The van der Waals surface area contributed by atoms with Crippen molar-refractivity contribution >= 4 is 45.4 Å². The largest absolute Gasteiger partial charge is 0.482 e. The zero-order valence-electron chi connectivity index (χ0n) is 37.5. The first-order chi connectivity index (χ1) is 22.1. The lowest BCUT2D eigenvalue weighted by Gasteiger charge is -2.41. The van der Waals surface area contributed by atoms with E-state index in [-0.39, 0.29) is 0 Å². The molecule has 0 aliphatic rings. The lowest BCUT2D eigenvalue weighted by atomic mass is 10.5. The van der Waals surface area contributed by atoms with Crippen LogP contribution in [0.4, 0.5) is 0 Å². The third-order valence-corrected chi connectivity index (χ3v) is 42.2. The molecule has 0 aliphatic carbocycles. The van der Waals surface area contributed by atoms with E-state index in [0.717, 1.165) is 0 Å². The molecule has 280 valence electrons. The standard InChI is InChI=1S/4C11H21Si.Al/c4*1-8-12(9(2)3,10(4)5)11(6)7;/h4*9-11H,2-7H3;/q;;;;-1. The van der Waals surface area contributed by atoms with Gasteiger partial charge in [0.1, 0.15) is 32.3 Å². The van der Waals surface area contributed by atoms with Crippen molar-refractivity contribution in [3.63, 3.8) is 0 Å². The lowest BCUT2D eigenvalue weighted by molar-refractivity contribution is 0.838. The van der Waals surface area contributed by atoms with Crippen LogP contribution in [0.5, 0.6) is 0 Å². The van der Waals surface area contributed by atoms with E-state index in [4.69, 9.17) is 0 Å². The van der Waals surface area contributed by atoms with Crippen molar-refractivity contribution in [1.82, 2.24) is 0 Å². The average molecular weight is 752 g/mol. The second-order valence-electron chi connectivity index (χ2n) is 19.5. The highest BCUT2D eigenvalue weighted by atomic mass is 28.3. The number of hydrogen-bond acceptors (Lipinski definition) is 0. The Labute approximate surface area is 317 Å². The average Bonchev–Trinajstić information content (AvgIpc) is 2.91. The first-order valence-electron chi connectivity index (χ1n) is 20.5. The lowest BCUT2D eigenvalue weighted by Crippen LogP contribution is -2.47. The van der Waals surface area contributed by atoms with E-state index >= 15 is 0 Å². The summed E-state index contributed by atoms with van der Waals surface area (Å²) in [7, 11) is -8.19. The molecule has 0 bridgehead atoms. The highest BCUT2D eigenvalue weighted by Gasteiger charge is 2.46. The summed E-state index contributed by atoms with van der Waals surface area (Å²) in [6, 6.07) is 0. The van der Waals surface area contributed by atoms with Gasteiger partial charge in [-0.25, -0.2) is 0 Å². The second-order valence-corrected chi connectivity index (χ2v) is 44.7. The topological polar surface area (TPSA) is 0 Å². The zero-order valence-corrected chi connectivity index (χ0v) is 42.7. The third kappa shape index (κ3) is 10.00. The fourth-order valence-electron chi connectivity index (χ4n) is 10.9. The van der Waals surface area contributed by atoms with Crippen molar-refractivity contribution in [3.05, 3.63) is 0 Å². The van der Waals surface area contributed by atoms with Crippen LogP contribution in [0.1, 0.15) is 166 Å². The molecule has 0 unspecified atom stereocenters. The van der Waals surface area contributed by atoms with Crippen LogP contribution < -0.4 is 0 Å². The van der Waals surface area contributed by atoms with Gasteiger partial charge in [0, 0.05) is 0 Å². The highest BCUT2D eigenvalue weighted by molar-refractivity contribution is 7.10. The van der Waals surface area contributed by atoms with Gasteiger partial charge < -0.3 is 19.1 Å². The van der Waals surface area contributed by atoms with E-state index < -0.39 is 45.4 Å². The molecule has 49 heavy (non-hydrogen) atoms. The fraction of sp³-hybridized carbons (Fsp3) is 0.818. The van der Waals surface area contributed by atoms with Crippen molar-refractivity contribution in [3.8, 4) is 41.3 Å². The van der Waals surface area contributed by atoms with E-state index in [1.165, 1.54) is 0 Å². The molecule has 0 aromatic heterocycles. The van der Waals surface area contributed by atoms with E-state index in [0.29, 0.717) is 66.5 Å². The van der Waals surface area contributed by atoms with Crippen molar-refractivity contribution in [1.29, 1.82) is 0 Å². The minimum absolute atomic E-state index is 0.562. The van der Waals surface area contributed by atoms with Crippen LogP contribution in [0.25, 0.3) is 0 Å². The molecule has 0 rings (SSSR count). The smallest absolute Gasteiger partial charge is 0.318 e. The van der Waals surface area contributed by atoms with E-state index in [1.54, 1.807) is 0 Å². The van der Waals surface area contributed by atoms with Crippen LogP contribution in [-0.4, -0.2) is 45.4 Å². The van der Waals surface area contributed by atoms with Gasteiger partial charge in [0.05, 0.1) is 0 Å². The van der Waals surface area contributed by atoms with Crippen molar-refractivity contribution in [2.45, 2.75) is 233 Å². The Morgan fingerprint density at radius 3 is 0.408 bits per heavy atom. The van der Waals surface area contributed by atoms with Crippen LogP contribution in [0.2, 0.25) is 66.5 Å². The predicted octanol–water partition coefficient (Wildman–Crippen LogP) is 14.5. The van der Waals surface area contributed by atoms with Gasteiger partial charge in [-0.3, -0.25) is 0 Å². The third-order valence-electron chi connectivity index (χ3n) is 13.5. The first kappa shape index (κ1) is 48.6. The predicted molar refractivity (Wildman–Crippen MR) is 241 cm³/mol. The molecule has 0 radical (unpaired) electrons. The van der Waals surface area contributed by atoms with Gasteiger partial charge in [-0.1, -0.05) is 166 Å². The van der Waals surface area contributed by atoms with Gasteiger partial charge in [0.2, 0.25) is 0 Å². The molecular weight excluding hydrogens is 668 g/mol. The van der Waals surface area contributed by atoms with Crippen LogP contribution in [0, 0.1) is 41.3 Å². The van der Waals surface area contributed by atoms with Crippen LogP contribution >= 0.6 is 0 Å². The molecule has 0 nitrogen and oxygen atoms in total. The Hall–Kier alpha value is -0.360. The van der Waals surface area contributed by atoms with Crippen molar-refractivity contribution in [2.24, 2.45) is 0 Å². The first-order valence-corrected chi connectivity index (χ1v) is 31.7. The fourth-order valence-corrected chi connectivity index (χ4v) is 38.2. The Balaban J connectivity index is 9.30. The summed E-state index contributed by atoms with van der Waals surface area (Å²) in [6.07, 6.45) is 0. The quantitative estimate of drug-likeness (QED) is 0.138. The molecule has 0 atom stereocenters. The Morgan fingerprint density at radius 2 is 0.327 bits per heavy atom.